The molecule has 0 bridgehead atoms. The van der Waals surface area contributed by atoms with Gasteiger partial charge in [0.15, 0.2) is 0 Å². The first-order valence-electron chi connectivity index (χ1n) is 7.38. The molecule has 1 N–H and O–H groups in total. The number of carbonyl (C=O) groups is 1. The molecule has 1 amide bonds. The molecule has 0 aliphatic heterocycles. The van der Waals surface area contributed by atoms with Crippen molar-refractivity contribution in [1.82, 2.24) is 4.98 Å². The number of aromatic nitrogens is 1. The Kier molecular flexibility index (Phi) is 3.68. The maximum atomic E-state index is 12.4. The molecule has 1 aliphatic carbocycles. The van der Waals surface area contributed by atoms with Gasteiger partial charge < -0.3 is 5.32 Å². The number of pyridine rings is 1. The second-order valence-electron chi connectivity index (χ2n) is 5.83. The fourth-order valence-electron chi connectivity index (χ4n) is 2.96. The number of nitrogens with one attached hydrogen (secondary N) is 1. The monoisotopic (exact) mass is 268 g/mol. The van der Waals surface area contributed by atoms with Crippen LogP contribution in [0.4, 0.5) is 5.69 Å². The average Bonchev–Trinajstić information content (AvgIpc) is 2.48. The van der Waals surface area contributed by atoms with Crippen LogP contribution in [0.3, 0.4) is 0 Å². The number of benzene rings is 1. The van der Waals surface area contributed by atoms with Gasteiger partial charge in [0.05, 0.1) is 11.2 Å². The van der Waals surface area contributed by atoms with E-state index in [2.05, 4.69) is 17.2 Å². The Morgan fingerprint density at radius 3 is 2.70 bits per heavy atom. The number of rotatable bonds is 2. The molecular weight excluding hydrogens is 248 g/mol. The van der Waals surface area contributed by atoms with Gasteiger partial charge in [-0.1, -0.05) is 25.1 Å². The topological polar surface area (TPSA) is 42.0 Å². The quantitative estimate of drug-likeness (QED) is 0.894. The van der Waals surface area contributed by atoms with Crippen LogP contribution in [0.2, 0.25) is 0 Å². The minimum absolute atomic E-state index is 0.148. The highest BCUT2D eigenvalue weighted by atomic mass is 16.1. The lowest BCUT2D eigenvalue weighted by atomic mass is 9.82. The standard InChI is InChI=1S/C17H20N2O/c1-12-7-9-14(10-8-12)17(20)19-15-6-2-4-13-5-3-11-18-16(13)15/h2-6,11-12,14H,7-10H2,1H3,(H,19,20)/t12-,14-. The lowest BCUT2D eigenvalue weighted by Gasteiger charge is -2.25. The van der Waals surface area contributed by atoms with Gasteiger partial charge in [-0.3, -0.25) is 9.78 Å². The number of hydrogen-bond donors (Lipinski definition) is 1. The van der Waals surface area contributed by atoms with Gasteiger partial charge in [0.25, 0.3) is 0 Å². The number of anilines is 1. The van der Waals surface area contributed by atoms with Crippen LogP contribution in [-0.4, -0.2) is 10.9 Å². The van der Waals surface area contributed by atoms with Crippen molar-refractivity contribution >= 4 is 22.5 Å². The molecular formula is C17H20N2O. The van der Waals surface area contributed by atoms with Gasteiger partial charge in [-0.25, -0.2) is 0 Å². The van der Waals surface area contributed by atoms with Crippen molar-refractivity contribution in [1.29, 1.82) is 0 Å². The van der Waals surface area contributed by atoms with E-state index in [1.165, 1.54) is 0 Å². The molecule has 3 nitrogen and oxygen atoms in total. The molecule has 0 radical (unpaired) electrons. The second kappa shape index (κ2) is 5.61. The van der Waals surface area contributed by atoms with Crippen LogP contribution in [0.5, 0.6) is 0 Å². The van der Waals surface area contributed by atoms with E-state index in [-0.39, 0.29) is 11.8 Å². The van der Waals surface area contributed by atoms with Crippen LogP contribution in [0.25, 0.3) is 10.9 Å². The third kappa shape index (κ3) is 2.67. The number of hydrogen-bond acceptors (Lipinski definition) is 2. The number of nitrogens with zero attached hydrogens (tertiary/aromatic N) is 1. The van der Waals surface area contributed by atoms with E-state index in [0.29, 0.717) is 0 Å². The maximum Gasteiger partial charge on any atom is 0.227 e. The highest BCUT2D eigenvalue weighted by Gasteiger charge is 2.24. The largest absolute Gasteiger partial charge is 0.324 e. The number of carbonyl (C=O) groups excluding carboxylic acids is 1. The molecule has 1 heterocycles. The van der Waals surface area contributed by atoms with Crippen LogP contribution in [0.1, 0.15) is 32.6 Å². The fourth-order valence-corrected chi connectivity index (χ4v) is 2.96. The minimum atomic E-state index is 0.148. The SMILES string of the molecule is C[C@H]1CC[C@H](C(=O)Nc2cccc3cccnc23)CC1. The molecule has 2 aromatic rings. The highest BCUT2D eigenvalue weighted by Crippen LogP contribution is 2.30. The Balaban J connectivity index is 1.77. The molecule has 1 aliphatic rings. The summed E-state index contributed by atoms with van der Waals surface area (Å²) in [4.78, 5) is 16.8. The predicted octanol–water partition coefficient (Wildman–Crippen LogP) is 4.00. The van der Waals surface area contributed by atoms with Gasteiger partial charge in [0.2, 0.25) is 5.91 Å². The lowest BCUT2D eigenvalue weighted by Crippen LogP contribution is -2.26. The van der Waals surface area contributed by atoms with Gasteiger partial charge in [-0.15, -0.1) is 0 Å². The normalized spacial score (nSPS) is 22.6. The predicted molar refractivity (Wildman–Crippen MR) is 81.5 cm³/mol. The van der Waals surface area contributed by atoms with Crippen LogP contribution >= 0.6 is 0 Å². The van der Waals surface area contributed by atoms with E-state index in [9.17, 15) is 4.79 Å². The molecule has 1 aromatic heterocycles. The van der Waals surface area contributed by atoms with Crippen LogP contribution in [0.15, 0.2) is 36.5 Å². The Morgan fingerprint density at radius 2 is 1.90 bits per heavy atom. The van der Waals surface area contributed by atoms with Crippen molar-refractivity contribution < 1.29 is 4.79 Å². The zero-order chi connectivity index (χ0) is 13.9. The number of para-hydroxylation sites is 1. The number of fused-ring (bicyclic) bond motifs is 1. The molecule has 1 saturated carbocycles. The van der Waals surface area contributed by atoms with Crippen LogP contribution < -0.4 is 5.32 Å². The molecule has 0 saturated heterocycles. The van der Waals surface area contributed by atoms with E-state index in [1.807, 2.05) is 30.3 Å². The zero-order valence-electron chi connectivity index (χ0n) is 11.8. The maximum absolute atomic E-state index is 12.4. The summed E-state index contributed by atoms with van der Waals surface area (Å²) in [5.74, 6) is 1.07. The summed E-state index contributed by atoms with van der Waals surface area (Å²) in [6.07, 6.45) is 6.09. The molecule has 3 rings (SSSR count). The van der Waals surface area contributed by atoms with Crippen molar-refractivity contribution in [3.05, 3.63) is 36.5 Å². The summed E-state index contributed by atoms with van der Waals surface area (Å²) in [5, 5.41) is 4.13. The van der Waals surface area contributed by atoms with Gasteiger partial charge in [-0.2, -0.15) is 0 Å². The molecule has 0 atom stereocenters. The van der Waals surface area contributed by atoms with Crippen molar-refractivity contribution in [2.75, 3.05) is 5.32 Å². The Morgan fingerprint density at radius 1 is 1.15 bits per heavy atom. The summed E-state index contributed by atoms with van der Waals surface area (Å²) >= 11 is 0. The summed E-state index contributed by atoms with van der Waals surface area (Å²) in [7, 11) is 0. The first kappa shape index (κ1) is 13.1. The smallest absolute Gasteiger partial charge is 0.227 e. The van der Waals surface area contributed by atoms with E-state index < -0.39 is 0 Å². The first-order chi connectivity index (χ1) is 9.74. The lowest BCUT2D eigenvalue weighted by molar-refractivity contribution is -0.121. The average molecular weight is 268 g/mol. The van der Waals surface area contributed by atoms with E-state index in [4.69, 9.17) is 0 Å². The molecule has 104 valence electrons. The third-order valence-electron chi connectivity index (χ3n) is 4.28. The molecule has 3 heteroatoms. The van der Waals surface area contributed by atoms with E-state index in [0.717, 1.165) is 48.2 Å². The van der Waals surface area contributed by atoms with E-state index in [1.54, 1.807) is 6.20 Å². The molecule has 1 aromatic carbocycles. The summed E-state index contributed by atoms with van der Waals surface area (Å²) in [6, 6.07) is 9.83. The summed E-state index contributed by atoms with van der Waals surface area (Å²) in [6.45, 7) is 2.27. The van der Waals surface area contributed by atoms with E-state index >= 15 is 0 Å². The number of amides is 1. The van der Waals surface area contributed by atoms with Crippen LogP contribution in [-0.2, 0) is 4.79 Å². The summed E-state index contributed by atoms with van der Waals surface area (Å²) in [5.41, 5.74) is 1.69. The second-order valence-corrected chi connectivity index (χ2v) is 5.83. The zero-order valence-corrected chi connectivity index (χ0v) is 11.8. The van der Waals surface area contributed by atoms with Crippen LogP contribution in [0, 0.1) is 11.8 Å². The minimum Gasteiger partial charge on any atom is -0.324 e. The van der Waals surface area contributed by atoms with Gasteiger partial charge in [-0.05, 0) is 43.7 Å². The van der Waals surface area contributed by atoms with Gasteiger partial charge in [0, 0.05) is 17.5 Å². The highest BCUT2D eigenvalue weighted by molar-refractivity contribution is 6.01. The Bertz CT molecular complexity index is 610. The molecule has 0 spiro atoms. The Labute approximate surface area is 119 Å². The van der Waals surface area contributed by atoms with Crippen molar-refractivity contribution in [2.45, 2.75) is 32.6 Å². The van der Waals surface area contributed by atoms with Gasteiger partial charge in [0.1, 0.15) is 0 Å². The molecule has 20 heavy (non-hydrogen) atoms. The summed E-state index contributed by atoms with van der Waals surface area (Å²) < 4.78 is 0. The molecule has 0 unspecified atom stereocenters. The van der Waals surface area contributed by atoms with Gasteiger partial charge >= 0.3 is 0 Å². The van der Waals surface area contributed by atoms with Crippen molar-refractivity contribution in [3.8, 4) is 0 Å². The van der Waals surface area contributed by atoms with Crippen molar-refractivity contribution in [3.63, 3.8) is 0 Å². The fraction of sp³-hybridized carbons (Fsp3) is 0.412. The Hall–Kier alpha value is -1.90. The molecule has 1 fully saturated rings. The van der Waals surface area contributed by atoms with Crippen molar-refractivity contribution in [2.24, 2.45) is 11.8 Å². The first-order valence-corrected chi connectivity index (χ1v) is 7.38. The third-order valence-corrected chi connectivity index (χ3v) is 4.28.